The van der Waals surface area contributed by atoms with Gasteiger partial charge in [-0.2, -0.15) is 0 Å². The van der Waals surface area contributed by atoms with Crippen LogP contribution in [0, 0.1) is 0 Å². The molecule has 2 fully saturated rings. The van der Waals surface area contributed by atoms with Crippen LogP contribution in [0.2, 0.25) is 0 Å². The number of fused-ring (bicyclic) bond motifs is 1. The second kappa shape index (κ2) is 2.21. The van der Waals surface area contributed by atoms with Gasteiger partial charge in [0.05, 0.1) is 6.67 Å². The Morgan fingerprint density at radius 1 is 1.00 bits per heavy atom. The van der Waals surface area contributed by atoms with Gasteiger partial charge >= 0.3 is 0 Å². The molecule has 2 unspecified atom stereocenters. The third-order valence-corrected chi connectivity index (χ3v) is 3.02. The van der Waals surface area contributed by atoms with E-state index in [4.69, 9.17) is 0 Å². The van der Waals surface area contributed by atoms with Crippen molar-refractivity contribution in [2.75, 3.05) is 20.8 Å². The summed E-state index contributed by atoms with van der Waals surface area (Å²) in [5, 5.41) is 0. The molecule has 0 bridgehead atoms. The molecule has 2 nitrogen and oxygen atoms in total. The second-order valence-corrected chi connectivity index (χ2v) is 3.72. The number of hydrogen-bond acceptors (Lipinski definition) is 2. The van der Waals surface area contributed by atoms with Crippen molar-refractivity contribution in [3.05, 3.63) is 0 Å². The van der Waals surface area contributed by atoms with E-state index in [0.29, 0.717) is 0 Å². The third kappa shape index (κ3) is 0.789. The summed E-state index contributed by atoms with van der Waals surface area (Å²) in [5.74, 6) is 0. The third-order valence-electron chi connectivity index (χ3n) is 3.02. The molecule has 0 aromatic carbocycles. The Morgan fingerprint density at radius 3 is 2.00 bits per heavy atom. The molecule has 0 aromatic heterocycles. The Bertz CT molecular complexity index is 121. The Kier molecular flexibility index (Phi) is 1.46. The van der Waals surface area contributed by atoms with E-state index in [-0.39, 0.29) is 0 Å². The van der Waals surface area contributed by atoms with Gasteiger partial charge in [-0.1, -0.05) is 6.42 Å². The van der Waals surface area contributed by atoms with Gasteiger partial charge in [0.2, 0.25) is 0 Å². The van der Waals surface area contributed by atoms with Gasteiger partial charge in [0.15, 0.2) is 0 Å². The standard InChI is InChI=1S/C8H16N2/c1-9-6-10(2)8-5-3-4-7(8)9/h7-8H,3-6H2,1-2H3. The van der Waals surface area contributed by atoms with Gasteiger partial charge in [-0.3, -0.25) is 9.80 Å². The average molecular weight is 140 g/mol. The largest absolute Gasteiger partial charge is 0.289 e. The Morgan fingerprint density at radius 2 is 1.50 bits per heavy atom. The highest BCUT2D eigenvalue weighted by Crippen LogP contribution is 2.31. The summed E-state index contributed by atoms with van der Waals surface area (Å²) in [5.41, 5.74) is 0. The van der Waals surface area contributed by atoms with Crippen molar-refractivity contribution in [2.24, 2.45) is 0 Å². The first-order valence-corrected chi connectivity index (χ1v) is 4.19. The van der Waals surface area contributed by atoms with Crippen LogP contribution in [0.25, 0.3) is 0 Å². The van der Waals surface area contributed by atoms with Crippen molar-refractivity contribution in [2.45, 2.75) is 31.3 Å². The van der Waals surface area contributed by atoms with Crippen LogP contribution >= 0.6 is 0 Å². The minimum absolute atomic E-state index is 0.880. The summed E-state index contributed by atoms with van der Waals surface area (Å²) < 4.78 is 0. The summed E-state index contributed by atoms with van der Waals surface area (Å²) in [6.07, 6.45) is 4.28. The maximum absolute atomic E-state index is 2.48. The first kappa shape index (κ1) is 6.62. The van der Waals surface area contributed by atoms with Gasteiger partial charge in [0.25, 0.3) is 0 Å². The predicted molar refractivity (Wildman–Crippen MR) is 41.8 cm³/mol. The van der Waals surface area contributed by atoms with Gasteiger partial charge in [0.1, 0.15) is 0 Å². The zero-order valence-electron chi connectivity index (χ0n) is 6.88. The van der Waals surface area contributed by atoms with Crippen LogP contribution in [0.1, 0.15) is 19.3 Å². The average Bonchev–Trinajstić information content (AvgIpc) is 2.39. The number of hydrogen-bond donors (Lipinski definition) is 0. The van der Waals surface area contributed by atoms with E-state index in [2.05, 4.69) is 23.9 Å². The van der Waals surface area contributed by atoms with E-state index in [9.17, 15) is 0 Å². The molecule has 2 aliphatic rings. The molecular weight excluding hydrogens is 124 g/mol. The molecule has 0 amide bonds. The molecule has 1 heterocycles. The topological polar surface area (TPSA) is 6.48 Å². The maximum Gasteiger partial charge on any atom is 0.0507 e. The second-order valence-electron chi connectivity index (χ2n) is 3.72. The lowest BCUT2D eigenvalue weighted by Gasteiger charge is -2.16. The van der Waals surface area contributed by atoms with E-state index >= 15 is 0 Å². The van der Waals surface area contributed by atoms with Crippen molar-refractivity contribution in [1.82, 2.24) is 9.80 Å². The minimum Gasteiger partial charge on any atom is -0.289 e. The van der Waals surface area contributed by atoms with Crippen LogP contribution in [0.4, 0.5) is 0 Å². The van der Waals surface area contributed by atoms with Gasteiger partial charge in [0, 0.05) is 12.1 Å². The van der Waals surface area contributed by atoms with Crippen molar-refractivity contribution in [3.8, 4) is 0 Å². The fourth-order valence-electron chi connectivity index (χ4n) is 2.51. The molecular formula is C8H16N2. The molecule has 1 aliphatic heterocycles. The van der Waals surface area contributed by atoms with Crippen molar-refractivity contribution >= 4 is 0 Å². The van der Waals surface area contributed by atoms with Crippen molar-refractivity contribution in [1.29, 1.82) is 0 Å². The fraction of sp³-hybridized carbons (Fsp3) is 1.00. The first-order valence-electron chi connectivity index (χ1n) is 4.19. The van der Waals surface area contributed by atoms with E-state index in [1.54, 1.807) is 0 Å². The van der Waals surface area contributed by atoms with Crippen LogP contribution in [0.3, 0.4) is 0 Å². The van der Waals surface area contributed by atoms with Gasteiger partial charge in [-0.15, -0.1) is 0 Å². The van der Waals surface area contributed by atoms with Crippen LogP contribution in [-0.2, 0) is 0 Å². The lowest BCUT2D eigenvalue weighted by molar-refractivity contribution is 0.266. The van der Waals surface area contributed by atoms with Crippen LogP contribution in [0.15, 0.2) is 0 Å². The maximum atomic E-state index is 2.48. The smallest absolute Gasteiger partial charge is 0.0507 e. The lowest BCUT2D eigenvalue weighted by Crippen LogP contribution is -2.29. The summed E-state index contributed by atoms with van der Waals surface area (Å²) >= 11 is 0. The Hall–Kier alpha value is -0.0800. The monoisotopic (exact) mass is 140 g/mol. The normalized spacial score (nSPS) is 42.6. The van der Waals surface area contributed by atoms with Gasteiger partial charge in [-0.25, -0.2) is 0 Å². The molecule has 1 saturated carbocycles. The minimum atomic E-state index is 0.880. The molecule has 58 valence electrons. The molecule has 2 heteroatoms. The number of rotatable bonds is 0. The van der Waals surface area contributed by atoms with Crippen LogP contribution in [-0.4, -0.2) is 42.6 Å². The molecule has 0 spiro atoms. The summed E-state index contributed by atoms with van der Waals surface area (Å²) in [6, 6.07) is 1.76. The van der Waals surface area contributed by atoms with Gasteiger partial charge < -0.3 is 0 Å². The molecule has 1 saturated heterocycles. The highest BCUT2D eigenvalue weighted by molar-refractivity contribution is 4.94. The van der Waals surface area contributed by atoms with Crippen LogP contribution in [0.5, 0.6) is 0 Å². The summed E-state index contributed by atoms with van der Waals surface area (Å²) in [6.45, 7) is 1.18. The molecule has 0 N–H and O–H groups in total. The number of likely N-dealkylation sites (N-methyl/N-ethyl adjacent to an activating group) is 2. The first-order chi connectivity index (χ1) is 4.79. The van der Waals surface area contributed by atoms with Crippen molar-refractivity contribution in [3.63, 3.8) is 0 Å². The molecule has 2 rings (SSSR count). The fourth-order valence-corrected chi connectivity index (χ4v) is 2.51. The van der Waals surface area contributed by atoms with E-state index in [1.165, 1.54) is 25.9 Å². The van der Waals surface area contributed by atoms with Gasteiger partial charge in [-0.05, 0) is 26.9 Å². The molecule has 1 aliphatic carbocycles. The Labute approximate surface area is 62.8 Å². The zero-order valence-corrected chi connectivity index (χ0v) is 6.88. The highest BCUT2D eigenvalue weighted by atomic mass is 15.4. The molecule has 2 atom stereocenters. The van der Waals surface area contributed by atoms with E-state index in [1.807, 2.05) is 0 Å². The number of nitrogens with zero attached hydrogens (tertiary/aromatic N) is 2. The highest BCUT2D eigenvalue weighted by Gasteiger charge is 2.38. The summed E-state index contributed by atoms with van der Waals surface area (Å²) in [4.78, 5) is 4.97. The van der Waals surface area contributed by atoms with Crippen molar-refractivity contribution < 1.29 is 0 Å². The summed E-state index contributed by atoms with van der Waals surface area (Å²) in [7, 11) is 4.49. The quantitative estimate of drug-likeness (QED) is 0.490. The zero-order chi connectivity index (χ0) is 7.14. The molecule has 10 heavy (non-hydrogen) atoms. The van der Waals surface area contributed by atoms with Crippen LogP contribution < -0.4 is 0 Å². The molecule has 0 aromatic rings. The lowest BCUT2D eigenvalue weighted by atomic mass is 10.2. The van der Waals surface area contributed by atoms with E-state index < -0.39 is 0 Å². The molecule has 0 radical (unpaired) electrons. The SMILES string of the molecule is CN1CN(C)C2CCCC21. The predicted octanol–water partition coefficient (Wildman–Crippen LogP) is 0.742. The Balaban J connectivity index is 2.11. The van der Waals surface area contributed by atoms with E-state index in [0.717, 1.165) is 12.1 Å².